The summed E-state index contributed by atoms with van der Waals surface area (Å²) in [5.74, 6) is 1.02. The van der Waals surface area contributed by atoms with E-state index in [4.69, 9.17) is 14.1 Å². The number of carbonyl (C=O) groups is 2. The molecule has 0 unspecified atom stereocenters. The first kappa shape index (κ1) is 21.0. The molecule has 0 radical (unpaired) electrons. The van der Waals surface area contributed by atoms with Crippen LogP contribution in [-0.4, -0.2) is 48.0 Å². The molecule has 1 N–H and O–H groups in total. The van der Waals surface area contributed by atoms with E-state index >= 15 is 0 Å². The van der Waals surface area contributed by atoms with Gasteiger partial charge < -0.3 is 14.5 Å². The Morgan fingerprint density at radius 3 is 2.72 bits per heavy atom. The molecule has 1 saturated heterocycles. The number of carbonyl (C=O) groups excluding carboxylic acids is 2. The molecule has 1 atom stereocenters. The van der Waals surface area contributed by atoms with Gasteiger partial charge in [0.25, 0.3) is 0 Å². The number of esters is 1. The number of nitrogens with zero attached hydrogens (tertiary/aromatic N) is 2. The summed E-state index contributed by atoms with van der Waals surface area (Å²) in [6.45, 7) is 5.95. The van der Waals surface area contributed by atoms with Crippen molar-refractivity contribution in [3.05, 3.63) is 41.3 Å². The minimum atomic E-state index is -0.365. The Bertz CT molecular complexity index is 844. The number of ether oxygens (including phenoxy) is 1. The number of hydrogen-bond acceptors (Lipinski definition) is 6. The molecule has 156 valence electrons. The maximum Gasteiger partial charge on any atom is 0.337 e. The number of benzene rings is 1. The van der Waals surface area contributed by atoms with Crippen LogP contribution in [0.4, 0.5) is 0 Å². The van der Waals surface area contributed by atoms with Crippen molar-refractivity contribution < 1.29 is 18.7 Å². The molecule has 7 heteroatoms. The highest BCUT2D eigenvalue weighted by atomic mass is 16.5. The second-order valence-corrected chi connectivity index (χ2v) is 7.48. The van der Waals surface area contributed by atoms with Gasteiger partial charge in [-0.1, -0.05) is 6.42 Å². The summed E-state index contributed by atoms with van der Waals surface area (Å²) >= 11 is 0. The number of hydrogen-bond donors (Lipinski definition) is 1. The Labute approximate surface area is 171 Å². The zero-order valence-electron chi connectivity index (χ0n) is 17.4. The van der Waals surface area contributed by atoms with E-state index in [-0.39, 0.29) is 11.9 Å². The maximum absolute atomic E-state index is 11.6. The lowest BCUT2D eigenvalue weighted by Gasteiger charge is -2.35. The third kappa shape index (κ3) is 5.44. The van der Waals surface area contributed by atoms with Crippen molar-refractivity contribution in [2.24, 2.45) is 0 Å². The molecule has 7 nitrogen and oxygen atoms in total. The predicted octanol–water partition coefficient (Wildman–Crippen LogP) is 3.32. The van der Waals surface area contributed by atoms with Crippen molar-refractivity contribution in [3.8, 4) is 11.5 Å². The Morgan fingerprint density at radius 2 is 2.03 bits per heavy atom. The van der Waals surface area contributed by atoms with E-state index in [2.05, 4.69) is 10.2 Å². The number of methoxy groups -OCH3 is 1. The number of piperidine rings is 1. The molecule has 3 rings (SSSR count). The van der Waals surface area contributed by atoms with E-state index in [1.54, 1.807) is 19.1 Å². The Balaban J connectivity index is 1.69. The van der Waals surface area contributed by atoms with Crippen molar-refractivity contribution in [2.75, 3.05) is 20.2 Å². The lowest BCUT2D eigenvalue weighted by Crippen LogP contribution is -2.41. The summed E-state index contributed by atoms with van der Waals surface area (Å²) < 4.78 is 10.6. The molecular formula is C22H29N3O4. The molecule has 2 heterocycles. The minimum Gasteiger partial charge on any atom is -0.465 e. The SMILES string of the molecule is COC(=O)c1ccc(-c2nc(CN3CCCC[C@H]3CCNC(C)=O)c(C)o2)cc1. The minimum absolute atomic E-state index is 0.0163. The number of nitrogens with one attached hydrogen (secondary N) is 1. The van der Waals surface area contributed by atoms with Gasteiger partial charge in [-0.2, -0.15) is 0 Å². The van der Waals surface area contributed by atoms with E-state index in [9.17, 15) is 9.59 Å². The van der Waals surface area contributed by atoms with Gasteiger partial charge in [0.05, 0.1) is 18.4 Å². The fourth-order valence-corrected chi connectivity index (χ4v) is 3.77. The first-order valence-corrected chi connectivity index (χ1v) is 10.1. The largest absolute Gasteiger partial charge is 0.465 e. The smallest absolute Gasteiger partial charge is 0.337 e. The van der Waals surface area contributed by atoms with Crippen LogP contribution in [0.3, 0.4) is 0 Å². The quantitative estimate of drug-likeness (QED) is 0.719. The van der Waals surface area contributed by atoms with Gasteiger partial charge in [-0.05, 0) is 57.0 Å². The fraction of sp³-hybridized carbons (Fsp3) is 0.500. The number of likely N-dealkylation sites (tertiary alicyclic amines) is 1. The van der Waals surface area contributed by atoms with Gasteiger partial charge >= 0.3 is 5.97 Å². The van der Waals surface area contributed by atoms with Crippen LogP contribution in [-0.2, 0) is 16.1 Å². The Morgan fingerprint density at radius 1 is 1.28 bits per heavy atom. The van der Waals surface area contributed by atoms with Crippen molar-refractivity contribution in [1.82, 2.24) is 15.2 Å². The standard InChI is InChI=1S/C22H29N3O4/c1-15-20(14-25-13-5-4-6-19(25)11-12-23-16(2)26)24-21(29-15)17-7-9-18(10-8-17)22(27)28-3/h7-10,19H,4-6,11-14H2,1-3H3,(H,23,26)/t19-/m0/s1. The van der Waals surface area contributed by atoms with E-state index < -0.39 is 0 Å². The topological polar surface area (TPSA) is 84.7 Å². The van der Waals surface area contributed by atoms with E-state index in [1.807, 2.05) is 19.1 Å². The lowest BCUT2D eigenvalue weighted by atomic mass is 9.99. The first-order chi connectivity index (χ1) is 14.0. The van der Waals surface area contributed by atoms with Gasteiger partial charge in [-0.3, -0.25) is 9.69 Å². The van der Waals surface area contributed by atoms with Crippen molar-refractivity contribution >= 4 is 11.9 Å². The van der Waals surface area contributed by atoms with Crippen LogP contribution in [0, 0.1) is 6.92 Å². The van der Waals surface area contributed by atoms with Crippen LogP contribution < -0.4 is 5.32 Å². The molecule has 1 amide bonds. The van der Waals surface area contributed by atoms with Gasteiger partial charge in [0, 0.05) is 31.6 Å². The van der Waals surface area contributed by atoms with Crippen LogP contribution in [0.15, 0.2) is 28.7 Å². The number of amides is 1. The zero-order chi connectivity index (χ0) is 20.8. The van der Waals surface area contributed by atoms with Crippen molar-refractivity contribution in [3.63, 3.8) is 0 Å². The average molecular weight is 399 g/mol. The molecule has 0 bridgehead atoms. The third-order valence-corrected chi connectivity index (χ3v) is 5.40. The molecule has 1 fully saturated rings. The summed E-state index contributed by atoms with van der Waals surface area (Å²) in [7, 11) is 1.37. The summed E-state index contributed by atoms with van der Waals surface area (Å²) in [4.78, 5) is 29.9. The molecule has 2 aromatic rings. The number of aryl methyl sites for hydroxylation is 1. The molecule has 1 aliphatic rings. The van der Waals surface area contributed by atoms with Gasteiger partial charge in [0.15, 0.2) is 0 Å². The van der Waals surface area contributed by atoms with Crippen LogP contribution in [0.5, 0.6) is 0 Å². The molecule has 29 heavy (non-hydrogen) atoms. The lowest BCUT2D eigenvalue weighted by molar-refractivity contribution is -0.119. The molecule has 1 aromatic carbocycles. The Hall–Kier alpha value is -2.67. The zero-order valence-corrected chi connectivity index (χ0v) is 17.4. The van der Waals surface area contributed by atoms with E-state index in [0.717, 1.165) is 42.9 Å². The molecule has 0 aliphatic carbocycles. The average Bonchev–Trinajstić information content (AvgIpc) is 3.09. The third-order valence-electron chi connectivity index (χ3n) is 5.40. The van der Waals surface area contributed by atoms with Gasteiger partial charge in [-0.25, -0.2) is 9.78 Å². The van der Waals surface area contributed by atoms with Crippen LogP contribution >= 0.6 is 0 Å². The molecule has 1 aromatic heterocycles. The summed E-state index contributed by atoms with van der Waals surface area (Å²) in [5, 5.41) is 2.90. The highest BCUT2D eigenvalue weighted by molar-refractivity contribution is 5.89. The van der Waals surface area contributed by atoms with Gasteiger partial charge in [0.2, 0.25) is 11.8 Å². The van der Waals surface area contributed by atoms with Crippen LogP contribution in [0.2, 0.25) is 0 Å². The Kier molecular flexibility index (Phi) is 7.04. The fourth-order valence-electron chi connectivity index (χ4n) is 3.77. The van der Waals surface area contributed by atoms with E-state index in [1.165, 1.54) is 20.0 Å². The highest BCUT2D eigenvalue weighted by Crippen LogP contribution is 2.26. The van der Waals surface area contributed by atoms with Gasteiger partial charge in [-0.15, -0.1) is 0 Å². The van der Waals surface area contributed by atoms with Crippen LogP contribution in [0.1, 0.15) is 54.4 Å². The maximum atomic E-state index is 11.6. The molecule has 1 aliphatic heterocycles. The summed E-state index contributed by atoms with van der Waals surface area (Å²) in [6.07, 6.45) is 4.48. The summed E-state index contributed by atoms with van der Waals surface area (Å²) in [6, 6.07) is 7.50. The first-order valence-electron chi connectivity index (χ1n) is 10.1. The summed E-state index contributed by atoms with van der Waals surface area (Å²) in [5.41, 5.74) is 2.26. The monoisotopic (exact) mass is 399 g/mol. The van der Waals surface area contributed by atoms with Crippen molar-refractivity contribution in [1.29, 1.82) is 0 Å². The normalized spacial score (nSPS) is 17.1. The van der Waals surface area contributed by atoms with E-state index in [0.29, 0.717) is 24.0 Å². The number of aromatic nitrogens is 1. The second-order valence-electron chi connectivity index (χ2n) is 7.48. The number of oxazole rings is 1. The number of rotatable bonds is 7. The van der Waals surface area contributed by atoms with Crippen molar-refractivity contribution in [2.45, 2.75) is 52.1 Å². The molecule has 0 spiro atoms. The molecular weight excluding hydrogens is 370 g/mol. The van der Waals surface area contributed by atoms with Crippen LogP contribution in [0.25, 0.3) is 11.5 Å². The predicted molar refractivity (Wildman–Crippen MR) is 109 cm³/mol. The highest BCUT2D eigenvalue weighted by Gasteiger charge is 2.24. The molecule has 0 saturated carbocycles. The van der Waals surface area contributed by atoms with Gasteiger partial charge in [0.1, 0.15) is 5.76 Å². The second kappa shape index (κ2) is 9.69.